The van der Waals surface area contributed by atoms with Gasteiger partial charge in [0.05, 0.1) is 13.7 Å². The van der Waals surface area contributed by atoms with Crippen LogP contribution in [0.3, 0.4) is 0 Å². The van der Waals surface area contributed by atoms with Crippen LogP contribution in [0.5, 0.6) is 5.75 Å². The van der Waals surface area contributed by atoms with Gasteiger partial charge in [-0.25, -0.2) is 9.18 Å². The van der Waals surface area contributed by atoms with Crippen molar-refractivity contribution in [3.63, 3.8) is 0 Å². The molecule has 0 radical (unpaired) electrons. The summed E-state index contributed by atoms with van der Waals surface area (Å²) in [7, 11) is 1.44. The number of hydrogen-bond acceptors (Lipinski definition) is 3. The Labute approximate surface area is 98.6 Å². The average Bonchev–Trinajstić information content (AvgIpc) is 2.33. The first-order valence-corrected chi connectivity index (χ1v) is 5.11. The van der Waals surface area contributed by atoms with Gasteiger partial charge >= 0.3 is 6.03 Å². The fraction of sp³-hybridized carbons (Fsp3) is 0.364. The lowest BCUT2D eigenvalue weighted by molar-refractivity contribution is 0.234. The summed E-state index contributed by atoms with van der Waals surface area (Å²) in [4.78, 5) is 11.2. The van der Waals surface area contributed by atoms with E-state index in [0.717, 1.165) is 0 Å². The van der Waals surface area contributed by atoms with Crippen LogP contribution in [-0.4, -0.2) is 31.4 Å². The van der Waals surface area contributed by atoms with E-state index in [2.05, 4.69) is 10.6 Å². The third kappa shape index (κ3) is 4.69. The van der Waals surface area contributed by atoms with Gasteiger partial charge in [0.2, 0.25) is 0 Å². The molecule has 5 nitrogen and oxygen atoms in total. The van der Waals surface area contributed by atoms with Crippen LogP contribution in [0, 0.1) is 5.82 Å². The molecule has 1 aromatic carbocycles. The lowest BCUT2D eigenvalue weighted by atomic mass is 10.2. The predicted octanol–water partition coefficient (Wildman–Crippen LogP) is 0.626. The lowest BCUT2D eigenvalue weighted by Crippen LogP contribution is -2.36. The molecule has 2 amide bonds. The highest BCUT2D eigenvalue weighted by atomic mass is 19.1. The minimum absolute atomic E-state index is 0.124. The van der Waals surface area contributed by atoms with Crippen LogP contribution >= 0.6 is 0 Å². The van der Waals surface area contributed by atoms with Gasteiger partial charge in [-0.2, -0.15) is 0 Å². The first-order valence-electron chi connectivity index (χ1n) is 5.11. The van der Waals surface area contributed by atoms with Crippen molar-refractivity contribution >= 4 is 6.03 Å². The Hall–Kier alpha value is -1.82. The molecule has 0 fully saturated rings. The van der Waals surface area contributed by atoms with E-state index >= 15 is 0 Å². The Morgan fingerprint density at radius 3 is 2.82 bits per heavy atom. The van der Waals surface area contributed by atoms with Crippen molar-refractivity contribution in [2.75, 3.05) is 20.3 Å². The fourth-order valence-corrected chi connectivity index (χ4v) is 1.25. The second-order valence-electron chi connectivity index (χ2n) is 3.33. The molecule has 94 valence electrons. The van der Waals surface area contributed by atoms with Crippen molar-refractivity contribution in [3.8, 4) is 5.75 Å². The number of nitrogens with one attached hydrogen (secondary N) is 2. The maximum atomic E-state index is 13.1. The standard InChI is InChI=1S/C11H15FN2O3/c1-17-10-5-8(4-9(12)6-10)7-14-11(16)13-2-3-15/h4-6,15H,2-3,7H2,1H3,(H2,13,14,16). The molecule has 3 N–H and O–H groups in total. The van der Waals surface area contributed by atoms with Crippen molar-refractivity contribution in [3.05, 3.63) is 29.6 Å². The van der Waals surface area contributed by atoms with Crippen LogP contribution in [-0.2, 0) is 6.54 Å². The van der Waals surface area contributed by atoms with E-state index in [1.165, 1.54) is 19.2 Å². The quantitative estimate of drug-likeness (QED) is 0.709. The Bertz CT molecular complexity index is 385. The fourth-order valence-electron chi connectivity index (χ4n) is 1.25. The minimum atomic E-state index is -0.420. The number of benzene rings is 1. The van der Waals surface area contributed by atoms with E-state index in [-0.39, 0.29) is 19.7 Å². The highest BCUT2D eigenvalue weighted by Crippen LogP contribution is 2.15. The van der Waals surface area contributed by atoms with Crippen LogP contribution < -0.4 is 15.4 Å². The molecule has 0 saturated heterocycles. The highest BCUT2D eigenvalue weighted by molar-refractivity contribution is 5.73. The Kier molecular flexibility index (Phi) is 5.22. The molecule has 0 saturated carbocycles. The number of carbonyl (C=O) groups is 1. The van der Waals surface area contributed by atoms with Crippen molar-refractivity contribution in [1.29, 1.82) is 0 Å². The molecular weight excluding hydrogens is 227 g/mol. The zero-order valence-electron chi connectivity index (χ0n) is 9.50. The monoisotopic (exact) mass is 242 g/mol. The number of carbonyl (C=O) groups excluding carboxylic acids is 1. The minimum Gasteiger partial charge on any atom is -0.497 e. The predicted molar refractivity (Wildman–Crippen MR) is 60.3 cm³/mol. The van der Waals surface area contributed by atoms with Crippen molar-refractivity contribution in [2.24, 2.45) is 0 Å². The van der Waals surface area contributed by atoms with E-state index in [0.29, 0.717) is 11.3 Å². The second kappa shape index (κ2) is 6.70. The zero-order chi connectivity index (χ0) is 12.7. The van der Waals surface area contributed by atoms with Crippen LogP contribution in [0.2, 0.25) is 0 Å². The number of hydrogen-bond donors (Lipinski definition) is 3. The number of urea groups is 1. The Balaban J connectivity index is 2.51. The van der Waals surface area contributed by atoms with Gasteiger partial charge in [0.1, 0.15) is 11.6 Å². The summed E-state index contributed by atoms with van der Waals surface area (Å²) < 4.78 is 18.0. The van der Waals surface area contributed by atoms with E-state index in [4.69, 9.17) is 9.84 Å². The topological polar surface area (TPSA) is 70.6 Å². The SMILES string of the molecule is COc1cc(F)cc(CNC(=O)NCCO)c1. The molecule has 1 aromatic rings. The summed E-state index contributed by atoms with van der Waals surface area (Å²) >= 11 is 0. The molecule has 0 heterocycles. The van der Waals surface area contributed by atoms with Gasteiger partial charge in [0.25, 0.3) is 0 Å². The largest absolute Gasteiger partial charge is 0.497 e. The molecule has 1 rings (SSSR count). The Morgan fingerprint density at radius 1 is 1.41 bits per heavy atom. The van der Waals surface area contributed by atoms with Gasteiger partial charge in [-0.3, -0.25) is 0 Å². The smallest absolute Gasteiger partial charge is 0.315 e. The summed E-state index contributed by atoms with van der Waals surface area (Å²) in [5.74, 6) is -0.0190. The molecule has 0 aliphatic heterocycles. The Morgan fingerprint density at radius 2 is 2.18 bits per heavy atom. The molecule has 0 aromatic heterocycles. The number of methoxy groups -OCH3 is 1. The van der Waals surface area contributed by atoms with Crippen LogP contribution in [0.4, 0.5) is 9.18 Å². The van der Waals surface area contributed by atoms with E-state index in [1.54, 1.807) is 6.07 Å². The summed E-state index contributed by atoms with van der Waals surface area (Å²) in [6, 6.07) is 3.79. The molecule has 0 spiro atoms. The molecule has 0 atom stereocenters. The molecule has 0 bridgehead atoms. The van der Waals surface area contributed by atoms with Crippen LogP contribution in [0.15, 0.2) is 18.2 Å². The third-order valence-electron chi connectivity index (χ3n) is 2.02. The number of aliphatic hydroxyl groups excluding tert-OH is 1. The molecule has 0 aliphatic carbocycles. The maximum absolute atomic E-state index is 13.1. The van der Waals surface area contributed by atoms with Crippen molar-refractivity contribution in [1.82, 2.24) is 10.6 Å². The van der Waals surface area contributed by atoms with Gasteiger partial charge in [-0.1, -0.05) is 0 Å². The summed E-state index contributed by atoms with van der Waals surface area (Å²) in [6.45, 7) is 0.241. The van der Waals surface area contributed by atoms with Gasteiger partial charge < -0.3 is 20.5 Å². The third-order valence-corrected chi connectivity index (χ3v) is 2.02. The molecule has 0 unspecified atom stereocenters. The van der Waals surface area contributed by atoms with Gasteiger partial charge in [0, 0.05) is 19.2 Å². The van der Waals surface area contributed by atoms with Crippen molar-refractivity contribution < 1.29 is 19.0 Å². The van der Waals surface area contributed by atoms with E-state index in [9.17, 15) is 9.18 Å². The highest BCUT2D eigenvalue weighted by Gasteiger charge is 2.03. The van der Waals surface area contributed by atoms with Gasteiger partial charge in [-0.15, -0.1) is 0 Å². The van der Waals surface area contributed by atoms with Gasteiger partial charge in [-0.05, 0) is 17.7 Å². The number of halogens is 1. The second-order valence-corrected chi connectivity index (χ2v) is 3.33. The average molecular weight is 242 g/mol. The van der Waals surface area contributed by atoms with E-state index < -0.39 is 11.8 Å². The van der Waals surface area contributed by atoms with Gasteiger partial charge in [0.15, 0.2) is 0 Å². The molecule has 0 aliphatic rings. The maximum Gasteiger partial charge on any atom is 0.315 e. The molecular formula is C11H15FN2O3. The summed E-state index contributed by atoms with van der Waals surface area (Å²) in [5.41, 5.74) is 0.598. The van der Waals surface area contributed by atoms with E-state index in [1.807, 2.05) is 0 Å². The number of amides is 2. The lowest BCUT2D eigenvalue weighted by Gasteiger charge is -2.08. The number of rotatable bonds is 5. The van der Waals surface area contributed by atoms with Crippen molar-refractivity contribution in [2.45, 2.75) is 6.54 Å². The normalized spacial score (nSPS) is 9.82. The summed E-state index contributed by atoms with van der Waals surface area (Å²) in [6.07, 6.45) is 0. The molecule has 17 heavy (non-hydrogen) atoms. The number of aliphatic hydroxyl groups is 1. The summed E-state index contributed by atoms with van der Waals surface area (Å²) in [5, 5.41) is 13.4. The first-order chi connectivity index (χ1) is 8.15. The first kappa shape index (κ1) is 13.2. The van der Waals surface area contributed by atoms with Crippen LogP contribution in [0.25, 0.3) is 0 Å². The zero-order valence-corrected chi connectivity index (χ0v) is 9.50. The number of ether oxygens (including phenoxy) is 1. The molecule has 6 heteroatoms. The van der Waals surface area contributed by atoms with Crippen LogP contribution in [0.1, 0.15) is 5.56 Å².